The molecule has 2 aliphatic rings. The van der Waals surface area contributed by atoms with E-state index < -0.39 is 0 Å². The quantitative estimate of drug-likeness (QED) is 0.506. The summed E-state index contributed by atoms with van der Waals surface area (Å²) < 4.78 is 0. The van der Waals surface area contributed by atoms with Crippen molar-refractivity contribution in [3.8, 4) is 0 Å². The average Bonchev–Trinajstić information content (AvgIpc) is 2.06. The molecule has 1 saturated carbocycles. The summed E-state index contributed by atoms with van der Waals surface area (Å²) in [4.78, 5) is 14.7. The molecule has 0 aromatic rings. The van der Waals surface area contributed by atoms with E-state index in [1.165, 1.54) is 18.6 Å². The van der Waals surface area contributed by atoms with Gasteiger partial charge in [0.05, 0.1) is 12.3 Å². The zero-order valence-electron chi connectivity index (χ0n) is 6.73. The van der Waals surface area contributed by atoms with Crippen molar-refractivity contribution in [1.82, 2.24) is 0 Å². The molecular weight excluding hydrogens is 138 g/mol. The van der Waals surface area contributed by atoms with Gasteiger partial charge in [-0.2, -0.15) is 0 Å². The number of rotatable bonds is 0. The lowest BCUT2D eigenvalue weighted by atomic mass is 9.82. The molecule has 1 atom stereocenters. The third-order valence-corrected chi connectivity index (χ3v) is 2.72. The zero-order valence-corrected chi connectivity index (χ0v) is 6.73. The Bertz CT molecular complexity index is 208. The van der Waals surface area contributed by atoms with E-state index in [1.807, 2.05) is 0 Å². The maximum atomic E-state index is 11.4. The summed E-state index contributed by atoms with van der Waals surface area (Å²) in [5, 5.41) is 0. The fourth-order valence-corrected chi connectivity index (χ4v) is 2.10. The van der Waals surface area contributed by atoms with Gasteiger partial charge in [-0.05, 0) is 12.8 Å². The fourth-order valence-electron chi connectivity index (χ4n) is 2.10. The maximum Gasteiger partial charge on any atom is 0.161 e. The number of fused-ring (bicyclic) bond motifs is 1. The number of hydrogen-bond donors (Lipinski definition) is 1. The lowest BCUT2D eigenvalue weighted by Crippen LogP contribution is -2.78. The second kappa shape index (κ2) is 2.76. The van der Waals surface area contributed by atoms with Crippen molar-refractivity contribution in [3.63, 3.8) is 0 Å². The molecule has 1 aliphatic carbocycles. The van der Waals surface area contributed by atoms with E-state index in [-0.39, 0.29) is 5.92 Å². The second-order valence-electron chi connectivity index (χ2n) is 3.47. The van der Waals surface area contributed by atoms with Gasteiger partial charge in [0, 0.05) is 6.42 Å². The first-order valence-corrected chi connectivity index (χ1v) is 4.50. The largest absolute Gasteiger partial charge is 0.299 e. The number of hydrogen-bond acceptors (Lipinski definition) is 1. The highest BCUT2D eigenvalue weighted by molar-refractivity contribution is 6.03. The van der Waals surface area contributed by atoms with Gasteiger partial charge in [0.25, 0.3) is 0 Å². The van der Waals surface area contributed by atoms with E-state index in [0.717, 1.165) is 25.8 Å². The molecule has 0 spiro atoms. The van der Waals surface area contributed by atoms with Gasteiger partial charge in [0.2, 0.25) is 0 Å². The van der Waals surface area contributed by atoms with Crippen LogP contribution >= 0.6 is 0 Å². The van der Waals surface area contributed by atoms with Crippen molar-refractivity contribution < 1.29 is 9.79 Å². The Kier molecular flexibility index (Phi) is 1.76. The third kappa shape index (κ3) is 1.22. The first-order valence-electron chi connectivity index (χ1n) is 4.50. The molecule has 2 nitrogen and oxygen atoms in total. The summed E-state index contributed by atoms with van der Waals surface area (Å²) in [5.41, 5.74) is 1.33. The van der Waals surface area contributed by atoms with Crippen molar-refractivity contribution in [2.45, 2.75) is 32.1 Å². The second-order valence-corrected chi connectivity index (χ2v) is 3.47. The predicted molar refractivity (Wildman–Crippen MR) is 42.4 cm³/mol. The Labute approximate surface area is 66.7 Å². The van der Waals surface area contributed by atoms with Crippen LogP contribution in [-0.2, 0) is 4.79 Å². The van der Waals surface area contributed by atoms with Crippen LogP contribution < -0.4 is 4.99 Å². The van der Waals surface area contributed by atoms with Crippen LogP contribution in [0.4, 0.5) is 0 Å². The van der Waals surface area contributed by atoms with Crippen molar-refractivity contribution in [2.75, 3.05) is 6.54 Å². The molecule has 1 aliphatic heterocycles. The molecular formula is C9H14NO+. The topological polar surface area (TPSA) is 31.0 Å². The van der Waals surface area contributed by atoms with Crippen LogP contribution in [0.3, 0.4) is 0 Å². The minimum Gasteiger partial charge on any atom is -0.299 e. The van der Waals surface area contributed by atoms with E-state index in [1.54, 1.807) is 0 Å². The van der Waals surface area contributed by atoms with Gasteiger partial charge in [-0.1, -0.05) is 6.42 Å². The Hall–Kier alpha value is -0.660. The number of Topliss-reactive ketones (excluding diaryl/α,β-unsaturated/α-hetero) is 1. The van der Waals surface area contributed by atoms with Gasteiger partial charge in [0.1, 0.15) is 6.54 Å². The first kappa shape index (κ1) is 7.01. The molecule has 0 bridgehead atoms. The molecule has 1 N–H and O–H groups in total. The molecule has 0 unspecified atom stereocenters. The fraction of sp³-hybridized carbons (Fsp3) is 0.778. The Balaban J connectivity index is 2.19. The Morgan fingerprint density at radius 2 is 2.18 bits per heavy atom. The van der Waals surface area contributed by atoms with Crippen molar-refractivity contribution in [2.24, 2.45) is 5.92 Å². The average molecular weight is 152 g/mol. The molecule has 2 heteroatoms. The standard InChI is InChI=1S/C9H13NO/c11-9-5-6-10-8-4-2-1-3-7(8)9/h7H,1-6H2/p+1/t7-/m1/s1. The lowest BCUT2D eigenvalue weighted by Gasteiger charge is -2.21. The first-order chi connectivity index (χ1) is 5.38. The van der Waals surface area contributed by atoms with Crippen LogP contribution in [0, 0.1) is 5.92 Å². The third-order valence-electron chi connectivity index (χ3n) is 2.72. The normalized spacial score (nSPS) is 31.1. The number of ketones is 1. The van der Waals surface area contributed by atoms with Gasteiger partial charge in [-0.25, -0.2) is 4.99 Å². The molecule has 2 rings (SSSR count). The molecule has 1 fully saturated rings. The highest BCUT2D eigenvalue weighted by atomic mass is 16.1. The Morgan fingerprint density at radius 3 is 3.00 bits per heavy atom. The molecule has 11 heavy (non-hydrogen) atoms. The molecule has 0 aromatic heterocycles. The van der Waals surface area contributed by atoms with Crippen molar-refractivity contribution >= 4 is 11.5 Å². The molecule has 0 aromatic carbocycles. The van der Waals surface area contributed by atoms with Crippen molar-refractivity contribution in [1.29, 1.82) is 0 Å². The summed E-state index contributed by atoms with van der Waals surface area (Å²) in [5.74, 6) is 0.760. The van der Waals surface area contributed by atoms with Gasteiger partial charge >= 0.3 is 0 Å². The summed E-state index contributed by atoms with van der Waals surface area (Å²) in [6, 6.07) is 0. The van der Waals surface area contributed by atoms with Crippen LogP contribution in [0.15, 0.2) is 0 Å². The molecule has 0 radical (unpaired) electrons. The predicted octanol–water partition coefficient (Wildman–Crippen LogP) is -0.329. The van der Waals surface area contributed by atoms with Crippen LogP contribution in [0.25, 0.3) is 0 Å². The van der Waals surface area contributed by atoms with Crippen molar-refractivity contribution in [3.05, 3.63) is 0 Å². The minimum atomic E-state index is 0.289. The Morgan fingerprint density at radius 1 is 1.27 bits per heavy atom. The van der Waals surface area contributed by atoms with E-state index in [9.17, 15) is 4.79 Å². The highest BCUT2D eigenvalue weighted by Crippen LogP contribution is 2.21. The molecule has 1 heterocycles. The van der Waals surface area contributed by atoms with Gasteiger partial charge < -0.3 is 0 Å². The van der Waals surface area contributed by atoms with E-state index in [0.29, 0.717) is 5.78 Å². The number of carbonyl (C=O) groups is 1. The van der Waals surface area contributed by atoms with E-state index >= 15 is 0 Å². The molecule has 0 saturated heterocycles. The monoisotopic (exact) mass is 152 g/mol. The maximum absolute atomic E-state index is 11.4. The highest BCUT2D eigenvalue weighted by Gasteiger charge is 2.33. The van der Waals surface area contributed by atoms with Crippen LogP contribution in [-0.4, -0.2) is 18.0 Å². The number of nitrogens with one attached hydrogen (secondary N) is 1. The van der Waals surface area contributed by atoms with Crippen LogP contribution in [0.2, 0.25) is 0 Å². The summed E-state index contributed by atoms with van der Waals surface area (Å²) in [6.07, 6.45) is 5.49. The summed E-state index contributed by atoms with van der Waals surface area (Å²) in [7, 11) is 0. The van der Waals surface area contributed by atoms with Gasteiger partial charge in [-0.3, -0.25) is 4.79 Å². The SMILES string of the molecule is O=C1CC[NH+]=C2CCCC[C@@H]12. The molecule has 60 valence electrons. The number of carbonyl (C=O) groups excluding carboxylic acids is 1. The van der Waals surface area contributed by atoms with Gasteiger partial charge in [0.15, 0.2) is 11.5 Å². The van der Waals surface area contributed by atoms with E-state index in [4.69, 9.17) is 0 Å². The summed E-state index contributed by atoms with van der Waals surface area (Å²) >= 11 is 0. The van der Waals surface area contributed by atoms with Gasteiger partial charge in [-0.15, -0.1) is 0 Å². The summed E-state index contributed by atoms with van der Waals surface area (Å²) in [6.45, 7) is 0.880. The van der Waals surface area contributed by atoms with Crippen LogP contribution in [0.5, 0.6) is 0 Å². The zero-order chi connectivity index (χ0) is 7.68. The smallest absolute Gasteiger partial charge is 0.161 e. The van der Waals surface area contributed by atoms with E-state index in [2.05, 4.69) is 4.99 Å². The molecule has 0 amide bonds. The lowest BCUT2D eigenvalue weighted by molar-refractivity contribution is -0.463. The minimum absolute atomic E-state index is 0.289. The van der Waals surface area contributed by atoms with Crippen LogP contribution in [0.1, 0.15) is 32.1 Å².